The second kappa shape index (κ2) is 11.3. The Morgan fingerprint density at radius 3 is 2.74 bits per heavy atom. The average molecular weight is 593 g/mol. The summed E-state index contributed by atoms with van der Waals surface area (Å²) in [7, 11) is 0. The number of para-hydroxylation sites is 1. The standard InChI is InChI=1S/C31H30ClFN4O5/c1-19-21(18-40-35-19)16-37-23(7-9-29(38)39)15-34-28(37)17-36-12-10-20(11-13-36)24-4-3-5-27-30(24)42-31(2,41-27)25-8-6-22(32)14-26(25)33/h3-9,14-15,18,20H,10-13,16-17H2,1-2H3,(H,38,39)/b9-7+. The lowest BCUT2D eigenvalue weighted by atomic mass is 9.88. The van der Waals surface area contributed by atoms with Crippen molar-refractivity contribution < 1.29 is 28.3 Å². The summed E-state index contributed by atoms with van der Waals surface area (Å²) < 4.78 is 34.4. The molecule has 11 heteroatoms. The number of piperidine rings is 1. The number of likely N-dealkylation sites (tertiary alicyclic amines) is 1. The van der Waals surface area contributed by atoms with Crippen LogP contribution in [0, 0.1) is 12.7 Å². The molecule has 1 atom stereocenters. The maximum absolute atomic E-state index is 14.8. The molecule has 0 bridgehead atoms. The Morgan fingerprint density at radius 2 is 2.02 bits per heavy atom. The van der Waals surface area contributed by atoms with Crippen molar-refractivity contribution in [2.24, 2.45) is 0 Å². The Morgan fingerprint density at radius 1 is 1.21 bits per heavy atom. The molecular formula is C31H30ClFN4O5. The minimum atomic E-state index is -1.29. The van der Waals surface area contributed by atoms with E-state index in [-0.39, 0.29) is 5.92 Å². The summed E-state index contributed by atoms with van der Waals surface area (Å²) in [4.78, 5) is 18.1. The smallest absolute Gasteiger partial charge is 0.328 e. The predicted octanol–water partition coefficient (Wildman–Crippen LogP) is 6.14. The Balaban J connectivity index is 1.16. The third kappa shape index (κ3) is 5.52. The van der Waals surface area contributed by atoms with Crippen molar-refractivity contribution >= 4 is 23.6 Å². The van der Waals surface area contributed by atoms with Gasteiger partial charge >= 0.3 is 5.97 Å². The molecule has 0 amide bonds. The van der Waals surface area contributed by atoms with E-state index in [1.807, 2.05) is 23.6 Å². The van der Waals surface area contributed by atoms with Crippen molar-refractivity contribution in [1.29, 1.82) is 0 Å². The average Bonchev–Trinajstić information content (AvgIpc) is 3.64. The van der Waals surface area contributed by atoms with Crippen LogP contribution in [0.3, 0.4) is 0 Å². The van der Waals surface area contributed by atoms with Gasteiger partial charge in [0.1, 0.15) is 17.9 Å². The molecule has 1 fully saturated rings. The largest absolute Gasteiger partial charge is 0.478 e. The van der Waals surface area contributed by atoms with E-state index >= 15 is 0 Å². The van der Waals surface area contributed by atoms with Gasteiger partial charge in [-0.25, -0.2) is 14.2 Å². The summed E-state index contributed by atoms with van der Waals surface area (Å²) in [5.41, 5.74) is 3.72. The maximum Gasteiger partial charge on any atom is 0.328 e. The molecule has 218 valence electrons. The number of fused-ring (bicyclic) bond motifs is 1. The fourth-order valence-electron chi connectivity index (χ4n) is 5.70. The van der Waals surface area contributed by atoms with Crippen molar-refractivity contribution in [3.63, 3.8) is 0 Å². The number of hydrogen-bond acceptors (Lipinski definition) is 7. The first-order chi connectivity index (χ1) is 20.2. The molecule has 1 unspecified atom stereocenters. The molecule has 9 nitrogen and oxygen atoms in total. The number of hydrogen-bond donors (Lipinski definition) is 1. The number of halogens is 2. The van der Waals surface area contributed by atoms with Crippen LogP contribution >= 0.6 is 11.6 Å². The van der Waals surface area contributed by atoms with E-state index in [2.05, 4.69) is 21.1 Å². The van der Waals surface area contributed by atoms with Gasteiger partial charge < -0.3 is 23.7 Å². The van der Waals surface area contributed by atoms with Gasteiger partial charge in [-0.2, -0.15) is 0 Å². The van der Waals surface area contributed by atoms with Crippen LogP contribution in [0.5, 0.6) is 11.5 Å². The quantitative estimate of drug-likeness (QED) is 0.243. The van der Waals surface area contributed by atoms with Crippen molar-refractivity contribution in [2.45, 2.75) is 51.5 Å². The molecule has 0 spiro atoms. The van der Waals surface area contributed by atoms with Gasteiger partial charge in [0.25, 0.3) is 5.79 Å². The topological polar surface area (TPSA) is 103 Å². The van der Waals surface area contributed by atoms with Crippen LogP contribution in [-0.4, -0.2) is 43.8 Å². The Kier molecular flexibility index (Phi) is 7.51. The van der Waals surface area contributed by atoms with Crippen LogP contribution < -0.4 is 9.47 Å². The second-order valence-electron chi connectivity index (χ2n) is 10.8. The highest BCUT2D eigenvalue weighted by atomic mass is 35.5. The van der Waals surface area contributed by atoms with E-state index in [0.29, 0.717) is 40.9 Å². The minimum absolute atomic E-state index is 0.241. The molecule has 6 rings (SSSR count). The van der Waals surface area contributed by atoms with Gasteiger partial charge in [0.2, 0.25) is 0 Å². The number of imidazole rings is 1. The minimum Gasteiger partial charge on any atom is -0.478 e. The summed E-state index contributed by atoms with van der Waals surface area (Å²) in [6.45, 7) is 6.33. The van der Waals surface area contributed by atoms with Gasteiger partial charge in [0.05, 0.1) is 36.2 Å². The lowest BCUT2D eigenvalue weighted by molar-refractivity contribution is -0.131. The highest BCUT2D eigenvalue weighted by Crippen LogP contribution is 2.49. The molecular weight excluding hydrogens is 563 g/mol. The number of ether oxygens (including phenoxy) is 2. The highest BCUT2D eigenvalue weighted by molar-refractivity contribution is 6.30. The highest BCUT2D eigenvalue weighted by Gasteiger charge is 2.43. The Bertz CT molecular complexity index is 1660. The number of aromatic nitrogens is 3. The van der Waals surface area contributed by atoms with Crippen molar-refractivity contribution in [3.8, 4) is 11.5 Å². The lowest BCUT2D eigenvalue weighted by Crippen LogP contribution is -2.34. The van der Waals surface area contributed by atoms with Crippen LogP contribution in [0.1, 0.15) is 59.6 Å². The molecule has 0 saturated carbocycles. The predicted molar refractivity (Wildman–Crippen MR) is 153 cm³/mol. The van der Waals surface area contributed by atoms with Crippen LogP contribution in [0.2, 0.25) is 5.02 Å². The summed E-state index contributed by atoms with van der Waals surface area (Å²) in [6.07, 6.45) is 7.74. The van der Waals surface area contributed by atoms with Gasteiger partial charge in [-0.15, -0.1) is 0 Å². The second-order valence-corrected chi connectivity index (χ2v) is 11.2. The normalized spacial score (nSPS) is 19.1. The van der Waals surface area contributed by atoms with Gasteiger partial charge in [-0.05, 0) is 69.1 Å². The molecule has 4 heterocycles. The first-order valence-electron chi connectivity index (χ1n) is 13.7. The number of carboxylic acids is 1. The van der Waals surface area contributed by atoms with Gasteiger partial charge in [0.15, 0.2) is 11.5 Å². The number of benzene rings is 2. The van der Waals surface area contributed by atoms with E-state index in [0.717, 1.165) is 54.7 Å². The molecule has 0 aliphatic carbocycles. The third-order valence-corrected chi connectivity index (χ3v) is 8.20. The Hall–Kier alpha value is -4.15. The van der Waals surface area contributed by atoms with E-state index in [4.69, 9.17) is 30.7 Å². The molecule has 1 saturated heterocycles. The first kappa shape index (κ1) is 28.0. The molecule has 2 aliphatic heterocycles. The molecule has 2 aliphatic rings. The number of carboxylic acid groups (broad SMARTS) is 1. The van der Waals surface area contributed by atoms with Crippen molar-refractivity contribution in [3.05, 3.63) is 99.7 Å². The zero-order valence-electron chi connectivity index (χ0n) is 23.2. The fraction of sp³-hybridized carbons (Fsp3) is 0.323. The fourth-order valence-corrected chi connectivity index (χ4v) is 5.86. The van der Waals surface area contributed by atoms with Crippen LogP contribution in [0.25, 0.3) is 6.08 Å². The monoisotopic (exact) mass is 592 g/mol. The number of carbonyl (C=O) groups is 1. The van der Waals surface area contributed by atoms with Crippen LogP contribution in [0.4, 0.5) is 4.39 Å². The summed E-state index contributed by atoms with van der Waals surface area (Å²) in [5, 5.41) is 13.4. The lowest BCUT2D eigenvalue weighted by Gasteiger charge is -2.32. The van der Waals surface area contributed by atoms with E-state index in [1.165, 1.54) is 6.07 Å². The van der Waals surface area contributed by atoms with E-state index in [9.17, 15) is 9.18 Å². The van der Waals surface area contributed by atoms with Crippen LogP contribution in [-0.2, 0) is 23.7 Å². The van der Waals surface area contributed by atoms with Gasteiger partial charge in [-0.1, -0.05) is 28.9 Å². The number of nitrogens with zero attached hydrogens (tertiary/aromatic N) is 4. The van der Waals surface area contributed by atoms with E-state index < -0.39 is 17.6 Å². The van der Waals surface area contributed by atoms with Gasteiger partial charge in [0, 0.05) is 29.1 Å². The molecule has 1 N–H and O–H groups in total. The zero-order chi connectivity index (χ0) is 29.4. The van der Waals surface area contributed by atoms with Crippen LogP contribution in [0.15, 0.2) is 59.5 Å². The third-order valence-electron chi connectivity index (χ3n) is 7.97. The summed E-state index contributed by atoms with van der Waals surface area (Å²) in [5.74, 6) is -0.467. The van der Waals surface area contributed by atoms with Crippen molar-refractivity contribution in [2.75, 3.05) is 13.1 Å². The van der Waals surface area contributed by atoms with Crippen molar-refractivity contribution in [1.82, 2.24) is 19.6 Å². The summed E-state index contributed by atoms with van der Waals surface area (Å²) in [6, 6.07) is 10.3. The molecule has 42 heavy (non-hydrogen) atoms. The maximum atomic E-state index is 14.8. The number of aryl methyl sites for hydroxylation is 1. The number of rotatable bonds is 8. The number of aliphatic carboxylic acids is 1. The summed E-state index contributed by atoms with van der Waals surface area (Å²) >= 11 is 5.96. The molecule has 2 aromatic heterocycles. The van der Waals surface area contributed by atoms with E-state index in [1.54, 1.807) is 37.6 Å². The molecule has 0 radical (unpaired) electrons. The van der Waals surface area contributed by atoms with Gasteiger partial charge in [-0.3, -0.25) is 4.90 Å². The molecule has 4 aromatic rings. The SMILES string of the molecule is Cc1nocc1Cn1c(/C=C/C(=O)O)cnc1CN1CCC(c2cccc3c2OC(C)(c2ccc(Cl)cc2F)O3)CC1. The first-order valence-corrected chi connectivity index (χ1v) is 14.1. The molecule has 2 aromatic carbocycles. The zero-order valence-corrected chi connectivity index (χ0v) is 24.0. The Labute approximate surface area is 247 Å².